The minimum Gasteiger partial charge on any atom is -0.506 e. The Labute approximate surface area is 212 Å². The number of aryl methyl sites for hydroxylation is 2. The van der Waals surface area contributed by atoms with Crippen LogP contribution in [-0.2, 0) is 22.4 Å². The molecule has 5 nitrogen and oxygen atoms in total. The van der Waals surface area contributed by atoms with E-state index < -0.39 is 0 Å². The number of carbonyl (C=O) groups is 1. The molecule has 0 unspecified atom stereocenters. The van der Waals surface area contributed by atoms with Crippen LogP contribution in [0.4, 0.5) is 5.69 Å². The molecule has 0 aliphatic heterocycles. The number of hydrogen-bond donors (Lipinski definition) is 1. The van der Waals surface area contributed by atoms with Crippen molar-refractivity contribution in [3.63, 3.8) is 0 Å². The summed E-state index contributed by atoms with van der Waals surface area (Å²) in [6.45, 7) is 7.25. The van der Waals surface area contributed by atoms with Gasteiger partial charge in [0.25, 0.3) is 0 Å². The van der Waals surface area contributed by atoms with Crippen molar-refractivity contribution < 1.29 is 14.6 Å². The number of benzene rings is 2. The normalized spacial score (nSPS) is 10.2. The summed E-state index contributed by atoms with van der Waals surface area (Å²) in [6, 6.07) is 11.2. The van der Waals surface area contributed by atoms with E-state index in [1.807, 2.05) is 12.1 Å². The van der Waals surface area contributed by atoms with Crippen molar-refractivity contribution in [2.24, 2.45) is 0 Å². The number of alkyl halides is 1. The van der Waals surface area contributed by atoms with Crippen LogP contribution >= 0.6 is 43.5 Å². The molecule has 32 heavy (non-hydrogen) atoms. The minimum absolute atomic E-state index is 0.0294. The predicted octanol–water partition coefficient (Wildman–Crippen LogP) is 6.95. The van der Waals surface area contributed by atoms with E-state index in [2.05, 4.69) is 64.8 Å². The van der Waals surface area contributed by atoms with Gasteiger partial charge >= 0.3 is 0 Å². The summed E-state index contributed by atoms with van der Waals surface area (Å²) in [6.07, 6.45) is 3.84. The fraction of sp³-hybridized carbons (Fsp3) is 0.417. The van der Waals surface area contributed by atoms with Crippen molar-refractivity contribution in [3.8, 4) is 11.8 Å². The van der Waals surface area contributed by atoms with Crippen molar-refractivity contribution in [1.82, 2.24) is 0 Å². The maximum absolute atomic E-state index is 12.2. The number of ether oxygens (including phenoxy) is 1. The number of anilines is 1. The summed E-state index contributed by atoms with van der Waals surface area (Å²) in [5.41, 5.74) is 3.80. The van der Waals surface area contributed by atoms with Crippen LogP contribution in [0.3, 0.4) is 0 Å². The lowest BCUT2D eigenvalue weighted by atomic mass is 10.0. The highest BCUT2D eigenvalue weighted by molar-refractivity contribution is 9.11. The molecule has 0 bridgehead atoms. The Hall–Kier alpha value is -1.59. The summed E-state index contributed by atoms with van der Waals surface area (Å²) < 4.78 is 6.69. The third-order valence-corrected chi connectivity index (χ3v) is 6.10. The van der Waals surface area contributed by atoms with E-state index in [0.717, 1.165) is 42.5 Å². The second kappa shape index (κ2) is 15.3. The van der Waals surface area contributed by atoms with E-state index in [1.54, 1.807) is 17.0 Å². The Balaban J connectivity index is 0.000000389. The number of amides is 1. The number of nitriles is 1. The Bertz CT molecular complexity index is 887. The Morgan fingerprint density at radius 2 is 1.72 bits per heavy atom. The highest BCUT2D eigenvalue weighted by atomic mass is 79.9. The molecule has 0 atom stereocenters. The molecule has 174 valence electrons. The van der Waals surface area contributed by atoms with Gasteiger partial charge in [0.1, 0.15) is 18.4 Å². The van der Waals surface area contributed by atoms with Crippen LogP contribution in [0.2, 0.25) is 0 Å². The topological polar surface area (TPSA) is 73.6 Å². The summed E-state index contributed by atoms with van der Waals surface area (Å²) in [4.78, 5) is 13.9. The number of phenols is 1. The molecule has 1 amide bonds. The summed E-state index contributed by atoms with van der Waals surface area (Å²) >= 11 is 12.0. The van der Waals surface area contributed by atoms with Gasteiger partial charge in [0, 0.05) is 6.61 Å². The third kappa shape index (κ3) is 8.40. The molecule has 8 heteroatoms. The fourth-order valence-corrected chi connectivity index (χ4v) is 4.26. The molecule has 0 spiro atoms. The minimum atomic E-state index is -0.108. The van der Waals surface area contributed by atoms with E-state index in [-0.39, 0.29) is 24.3 Å². The van der Waals surface area contributed by atoms with Gasteiger partial charge in [-0.2, -0.15) is 5.26 Å². The first-order chi connectivity index (χ1) is 15.3. The highest BCUT2D eigenvalue weighted by Crippen LogP contribution is 2.33. The molecular weight excluding hydrogens is 560 g/mol. The van der Waals surface area contributed by atoms with Gasteiger partial charge in [0.15, 0.2) is 0 Å². The molecule has 0 radical (unpaired) electrons. The molecule has 2 rings (SSSR count). The van der Waals surface area contributed by atoms with Gasteiger partial charge in [-0.05, 0) is 74.4 Å². The average Bonchev–Trinajstić information content (AvgIpc) is 2.81. The number of unbranched alkanes of at least 4 members (excludes halogenated alkanes) is 1. The van der Waals surface area contributed by atoms with Gasteiger partial charge in [-0.15, -0.1) is 11.6 Å². The SMILES string of the molecule is CCCCOCN(C(=O)CCl)c1c(CC)cccc1CC.N#Cc1cc(Br)c(O)c(Br)c1. The van der Waals surface area contributed by atoms with Crippen molar-refractivity contribution in [2.45, 2.75) is 46.5 Å². The second-order valence-electron chi connectivity index (χ2n) is 6.88. The zero-order chi connectivity index (χ0) is 24.1. The molecule has 0 aliphatic carbocycles. The van der Waals surface area contributed by atoms with Crippen LogP contribution in [0.15, 0.2) is 39.3 Å². The fourth-order valence-electron chi connectivity index (χ4n) is 2.93. The first-order valence-corrected chi connectivity index (χ1v) is 12.6. The van der Waals surface area contributed by atoms with Gasteiger partial charge in [-0.3, -0.25) is 9.69 Å². The molecular formula is C24H29Br2ClN2O3. The standard InChI is InChI=1S/C17H26ClNO2.C7H3Br2NO/c1-4-7-11-21-13-19(16(20)12-18)17-14(5-2)9-8-10-15(17)6-3;8-5-1-4(3-10)2-6(9)7(5)11/h8-10H,4-7,11-13H2,1-3H3;1-2,11H. The monoisotopic (exact) mass is 586 g/mol. The van der Waals surface area contributed by atoms with E-state index >= 15 is 0 Å². The maximum Gasteiger partial charge on any atom is 0.243 e. The molecule has 0 fully saturated rings. The number of rotatable bonds is 9. The molecule has 0 saturated carbocycles. The van der Waals surface area contributed by atoms with E-state index in [9.17, 15) is 9.90 Å². The van der Waals surface area contributed by atoms with Gasteiger partial charge in [0.2, 0.25) is 5.91 Å². The second-order valence-corrected chi connectivity index (χ2v) is 8.85. The predicted molar refractivity (Wildman–Crippen MR) is 137 cm³/mol. The number of carbonyl (C=O) groups excluding carboxylic acids is 1. The van der Waals surface area contributed by atoms with Gasteiger partial charge < -0.3 is 9.84 Å². The number of aromatic hydroxyl groups is 1. The number of phenolic OH excluding ortho intramolecular Hbond substituents is 1. The summed E-state index contributed by atoms with van der Waals surface area (Å²) in [5, 5.41) is 17.7. The van der Waals surface area contributed by atoms with Crippen LogP contribution in [0.1, 0.15) is 50.3 Å². The summed E-state index contributed by atoms with van der Waals surface area (Å²) in [7, 11) is 0. The van der Waals surface area contributed by atoms with Gasteiger partial charge in [0.05, 0.1) is 26.3 Å². The zero-order valence-electron chi connectivity index (χ0n) is 18.6. The lowest BCUT2D eigenvalue weighted by Crippen LogP contribution is -2.35. The van der Waals surface area contributed by atoms with E-state index in [0.29, 0.717) is 21.1 Å². The number of para-hydroxylation sites is 1. The zero-order valence-corrected chi connectivity index (χ0v) is 22.6. The molecule has 2 aromatic rings. The smallest absolute Gasteiger partial charge is 0.243 e. The lowest BCUT2D eigenvalue weighted by molar-refractivity contribution is -0.117. The first kappa shape index (κ1) is 28.4. The molecule has 0 aromatic heterocycles. The van der Waals surface area contributed by atoms with Crippen molar-refractivity contribution >= 4 is 55.1 Å². The van der Waals surface area contributed by atoms with Crippen molar-refractivity contribution in [2.75, 3.05) is 24.1 Å². The number of nitrogens with zero attached hydrogens (tertiary/aromatic N) is 2. The summed E-state index contributed by atoms with van der Waals surface area (Å²) in [5.74, 6) is -0.0222. The first-order valence-electron chi connectivity index (χ1n) is 10.5. The lowest BCUT2D eigenvalue weighted by Gasteiger charge is -2.26. The van der Waals surface area contributed by atoms with Crippen LogP contribution in [0.25, 0.3) is 0 Å². The third-order valence-electron chi connectivity index (χ3n) is 4.66. The molecule has 0 aliphatic rings. The van der Waals surface area contributed by atoms with Crippen LogP contribution in [-0.4, -0.2) is 30.2 Å². The molecule has 1 N–H and O–H groups in total. The Morgan fingerprint density at radius 3 is 2.16 bits per heavy atom. The Morgan fingerprint density at radius 1 is 1.16 bits per heavy atom. The van der Waals surface area contributed by atoms with Gasteiger partial charge in [-0.1, -0.05) is 45.4 Å². The molecule has 0 heterocycles. The Kier molecular flexibility index (Phi) is 13.6. The average molecular weight is 589 g/mol. The molecule has 2 aromatic carbocycles. The van der Waals surface area contributed by atoms with E-state index in [4.69, 9.17) is 21.6 Å². The van der Waals surface area contributed by atoms with Crippen molar-refractivity contribution in [1.29, 1.82) is 5.26 Å². The maximum atomic E-state index is 12.2. The van der Waals surface area contributed by atoms with Crippen LogP contribution < -0.4 is 4.90 Å². The van der Waals surface area contributed by atoms with Crippen LogP contribution in [0.5, 0.6) is 5.75 Å². The quantitative estimate of drug-likeness (QED) is 0.196. The molecule has 0 saturated heterocycles. The van der Waals surface area contributed by atoms with Gasteiger partial charge in [-0.25, -0.2) is 0 Å². The van der Waals surface area contributed by atoms with Crippen molar-refractivity contribution in [3.05, 3.63) is 56.0 Å². The largest absolute Gasteiger partial charge is 0.506 e. The highest BCUT2D eigenvalue weighted by Gasteiger charge is 2.20. The van der Waals surface area contributed by atoms with E-state index in [1.165, 1.54) is 0 Å². The van der Waals surface area contributed by atoms with Crippen LogP contribution in [0, 0.1) is 11.3 Å². The number of halogens is 3. The number of hydrogen-bond acceptors (Lipinski definition) is 4.